The van der Waals surface area contributed by atoms with Crippen LogP contribution in [0.1, 0.15) is 144 Å². The third kappa shape index (κ3) is 35.9. The third-order valence-corrected chi connectivity index (χ3v) is 22.5. The van der Waals surface area contributed by atoms with Gasteiger partial charge >= 0.3 is 18.3 Å². The monoisotopic (exact) mass is 2110 g/mol. The maximum Gasteiger partial charge on any atom is 0.410 e. The molecule has 0 unspecified atom stereocenters. The van der Waals surface area contributed by atoms with Gasteiger partial charge in [-0.25, -0.2) is 28.4 Å². The smallest absolute Gasteiger partial charge is 0.410 e. The first-order chi connectivity index (χ1) is 57.9. The number of nitrogens with two attached hydrogens (primary N) is 3. The summed E-state index contributed by atoms with van der Waals surface area (Å²) in [7, 11) is 0. The molecule has 5 amide bonds. The van der Waals surface area contributed by atoms with Crippen molar-refractivity contribution in [2.75, 3.05) is 226 Å². The number of morpholine rings is 4. The molecule has 12 heterocycles. The Morgan fingerprint density at radius 3 is 1.15 bits per heavy atom. The Morgan fingerprint density at radius 2 is 0.854 bits per heavy atom. The molecule has 0 aromatic carbocycles. The first-order valence-electron chi connectivity index (χ1n) is 40.1. The van der Waals surface area contributed by atoms with Gasteiger partial charge in [0.25, 0.3) is 11.8 Å². The predicted molar refractivity (Wildman–Crippen MR) is 483 cm³/mol. The summed E-state index contributed by atoms with van der Waals surface area (Å²) < 4.78 is 50.0. The van der Waals surface area contributed by atoms with Gasteiger partial charge in [0.1, 0.15) is 91.7 Å². The molecule has 8 saturated heterocycles. The molecule has 4 aromatic rings. The average molecular weight is 2110 g/mol. The molecule has 8 aliphatic heterocycles. The first kappa shape index (κ1) is 107. The van der Waals surface area contributed by atoms with Crippen LogP contribution in [-0.4, -0.2) is 335 Å². The van der Waals surface area contributed by atoms with Crippen LogP contribution >= 0.6 is 115 Å². The number of primary amides is 2. The molecule has 12 rings (SSSR count). The van der Waals surface area contributed by atoms with E-state index in [-0.39, 0.29) is 54.9 Å². The summed E-state index contributed by atoms with van der Waals surface area (Å²) in [5, 5.41) is 54.5. The van der Waals surface area contributed by atoms with E-state index in [4.69, 9.17) is 72.8 Å². The highest BCUT2D eigenvalue weighted by atomic mass is 79.9. The fourth-order valence-corrected chi connectivity index (χ4v) is 16.4. The van der Waals surface area contributed by atoms with Crippen molar-refractivity contribution >= 4 is 168 Å². The average Bonchev–Trinajstić information content (AvgIpc) is 1.74. The Labute approximate surface area is 776 Å². The lowest BCUT2D eigenvalue weighted by atomic mass is 10.2. The number of aromatic nitrogens is 8. The van der Waals surface area contributed by atoms with E-state index in [0.29, 0.717) is 122 Å². The minimum atomic E-state index is -0.552. The Kier molecular flexibility index (Phi) is 46.9. The van der Waals surface area contributed by atoms with Gasteiger partial charge in [0.05, 0.1) is 88.8 Å². The van der Waals surface area contributed by atoms with Gasteiger partial charge in [-0.1, -0.05) is 11.2 Å². The molecule has 688 valence electrons. The highest BCUT2D eigenvalue weighted by Crippen LogP contribution is 2.36. The van der Waals surface area contributed by atoms with Crippen LogP contribution in [0, 0.1) is 28.2 Å². The number of hydrogen-bond donors (Lipinski definition) is 8. The van der Waals surface area contributed by atoms with Crippen LogP contribution in [-0.2, 0) is 38.0 Å². The van der Waals surface area contributed by atoms with Crippen LogP contribution in [0.4, 0.5) is 31.8 Å². The minimum absolute atomic E-state index is 0. The van der Waals surface area contributed by atoms with E-state index in [9.17, 15) is 34.0 Å². The fraction of sp³-hybridized carbons (Fsp3) is 0.703. The lowest BCUT2D eigenvalue weighted by Crippen LogP contribution is -2.39. The fourth-order valence-electron chi connectivity index (χ4n) is 13.4. The van der Waals surface area contributed by atoms with Crippen LogP contribution in [0.3, 0.4) is 0 Å². The topological polar surface area (TPSA) is 496 Å². The molecule has 0 aliphatic carbocycles. The Balaban J connectivity index is 0.000000272. The maximum absolute atomic E-state index is 12.4. The molecular weight excluding hydrogens is 1990 g/mol. The van der Waals surface area contributed by atoms with E-state index >= 15 is 0 Å². The molecule has 8 fully saturated rings. The molecule has 8 aliphatic rings. The summed E-state index contributed by atoms with van der Waals surface area (Å²) in [6.45, 7) is 45.2. The minimum Gasteiger partial charge on any atom is -0.444 e. The number of carbonyl (C=O) groups is 6. The first-order valence-corrected chi connectivity index (χ1v) is 44.8. The standard InChI is InChI=1S/C19H31BrN6O4.C19H29BrN6O3.C14H23BrN6O2.C13H16Br2N4O2.C6H14N2O.C3H3ClO.ClHN4.ClH/c1-19(2,3)30-18(28)25-6-4-13(12-25)26-17(14(16(21)27)15(20)23-26)22-5-7-24-8-10-29-11-9-24;1-19(2,3)29-18(27)25-6-4-14(13-25)26-17(15(12-21)16(20)23-26)22-5-7-24-8-10-28-11-9-24;15-12-11(13(16)22)14(21(19-12)10-1-2-17-9-10)18-3-4-20-5-7-23-8-6-20;1-13(2,3)21-12(20)18-5-4-8(7-18)19-11(15)9(6-16)10(14)17-19;7-1-2-8-3-5-9-6-4-8;1-2-3(4)5;1-3-5-4-2;/h13,22H,4-12H2,1-3H3,(H2,21,27);14,22H,4-11,13H2,1-3H3;10,17-18H,1-9H2,(H2,16,22);8H,4-5,7H2,1-3H3;1-7H2;2H,1H2;2H;1H/t13-;14-;10-;8-;;;;/m0000..../s1. The van der Waals surface area contributed by atoms with Crippen LogP contribution in [0.5, 0.6) is 0 Å². The summed E-state index contributed by atoms with van der Waals surface area (Å²) >= 11 is 26.0. The molecular formula is C74H118Br5Cl3N28O13. The van der Waals surface area contributed by atoms with Gasteiger partial charge < -0.3 is 86.3 Å². The second-order valence-electron chi connectivity index (χ2n) is 31.6. The second-order valence-corrected chi connectivity index (χ2v) is 35.9. The lowest BCUT2D eigenvalue weighted by Gasteiger charge is -2.27. The van der Waals surface area contributed by atoms with Gasteiger partial charge in [0.15, 0.2) is 0 Å². The number of rotatable bonds is 22. The van der Waals surface area contributed by atoms with E-state index < -0.39 is 33.9 Å². The van der Waals surface area contributed by atoms with E-state index in [1.807, 2.05) is 71.7 Å². The largest absolute Gasteiger partial charge is 0.444 e. The van der Waals surface area contributed by atoms with Crippen molar-refractivity contribution in [1.82, 2.24) is 78.7 Å². The maximum atomic E-state index is 12.4. The number of allylic oxidation sites excluding steroid dienone is 1. The number of ether oxygens (including phenoxy) is 7. The molecule has 0 bridgehead atoms. The second kappa shape index (κ2) is 53.9. The van der Waals surface area contributed by atoms with Crippen LogP contribution in [0.2, 0.25) is 0 Å². The van der Waals surface area contributed by atoms with E-state index in [1.54, 1.807) is 24.1 Å². The Morgan fingerprint density at radius 1 is 0.537 bits per heavy atom. The Hall–Kier alpha value is -6.55. The zero-order valence-electron chi connectivity index (χ0n) is 71.1. The van der Waals surface area contributed by atoms with Gasteiger partial charge in [-0.3, -0.25) is 38.7 Å². The number of nitrogens with one attached hydrogen (secondary N) is 5. The van der Waals surface area contributed by atoms with Crippen molar-refractivity contribution < 1.29 is 61.9 Å². The van der Waals surface area contributed by atoms with Crippen LogP contribution in [0.25, 0.3) is 0 Å². The molecule has 123 heavy (non-hydrogen) atoms. The highest BCUT2D eigenvalue weighted by Gasteiger charge is 2.38. The normalized spacial score (nSPS) is 19.5. The van der Waals surface area contributed by atoms with Crippen molar-refractivity contribution in [3.05, 3.63) is 57.9 Å². The number of hydrogen-bond acceptors (Lipinski definition) is 30. The summed E-state index contributed by atoms with van der Waals surface area (Å²) in [6, 6.07) is 4.51. The number of nitrogens with zero attached hydrogens (tertiary/aromatic N) is 20. The molecule has 4 atom stereocenters. The van der Waals surface area contributed by atoms with Crippen molar-refractivity contribution in [3.63, 3.8) is 0 Å². The zero-order chi connectivity index (χ0) is 89.9. The van der Waals surface area contributed by atoms with Crippen LogP contribution < -0.4 is 38.5 Å². The molecule has 0 radical (unpaired) electrons. The number of nitriles is 2. The van der Waals surface area contributed by atoms with Gasteiger partial charge in [0, 0.05) is 151 Å². The summed E-state index contributed by atoms with van der Waals surface area (Å²) in [6.07, 6.45) is 3.32. The van der Waals surface area contributed by atoms with Crippen LogP contribution in [0.15, 0.2) is 50.8 Å². The van der Waals surface area contributed by atoms with Gasteiger partial charge in [-0.05, 0) is 202 Å². The molecule has 0 spiro atoms. The highest BCUT2D eigenvalue weighted by molar-refractivity contribution is 9.11. The third-order valence-electron chi connectivity index (χ3n) is 19.3. The quantitative estimate of drug-likeness (QED) is 0.0119. The van der Waals surface area contributed by atoms with E-state index in [0.717, 1.165) is 183 Å². The van der Waals surface area contributed by atoms with E-state index in [1.165, 1.54) is 0 Å². The van der Waals surface area contributed by atoms with Crippen molar-refractivity contribution in [2.24, 2.45) is 32.3 Å². The molecule has 11 N–H and O–H groups in total. The van der Waals surface area contributed by atoms with Gasteiger partial charge in [0.2, 0.25) is 5.24 Å². The number of carbonyl (C=O) groups excluding carboxylic acids is 6. The lowest BCUT2D eigenvalue weighted by molar-refractivity contribution is -0.107. The number of anilines is 3. The van der Waals surface area contributed by atoms with E-state index in [2.05, 4.69) is 186 Å². The summed E-state index contributed by atoms with van der Waals surface area (Å²) in [4.78, 5) is 84.5. The number of halogens is 8. The van der Waals surface area contributed by atoms with Gasteiger partial charge in [-0.2, -0.15) is 36.4 Å². The summed E-state index contributed by atoms with van der Waals surface area (Å²) in [5.74, 6) is 0.973. The molecule has 41 nitrogen and oxygen atoms in total. The summed E-state index contributed by atoms with van der Waals surface area (Å²) in [5.41, 5.74) is 22.5. The van der Waals surface area contributed by atoms with Crippen molar-refractivity contribution in [3.8, 4) is 12.1 Å². The van der Waals surface area contributed by atoms with Crippen molar-refractivity contribution in [1.29, 1.82) is 16.1 Å². The molecule has 49 heteroatoms. The number of amides is 5. The SMILES string of the molecule is C=CC(=O)Cl.CC(C)(C)OC(=O)N1CC[C@H](n2nc(Br)c(C#N)c2Br)C1.CC(C)(C)OC(=O)N1CC[C@H](n2nc(Br)c(C#N)c2NCCN2CCOCC2)C1.CC(C)(C)OC(=O)N1CC[C@H](n2nc(Br)c(C(N)=O)c2NCCN2CCOCC2)C1.Cl.N=NN=NCl.NC(=O)c1c(Br)nn([C@H]2CCNC2)c1NCCN1CCOCC1.NCCN1CCOCC1. The predicted octanol–water partition coefficient (Wildman–Crippen LogP) is 9.77. The van der Waals surface area contributed by atoms with Crippen molar-refractivity contribution in [2.45, 2.75) is 129 Å². The molecule has 0 saturated carbocycles. The number of likely N-dealkylation sites (tertiary alicyclic amines) is 3. The van der Waals surface area contributed by atoms with Gasteiger partial charge in [-0.15, -0.1) is 12.4 Å². The molecule has 4 aromatic heterocycles. The zero-order valence-corrected chi connectivity index (χ0v) is 81.3. The Bertz CT molecular complexity index is 4140.